The number of aryl methyl sites for hydroxylation is 1. The molecule has 0 aliphatic rings. The molecule has 1 aromatic carbocycles. The van der Waals surface area contributed by atoms with Gasteiger partial charge in [0.15, 0.2) is 0 Å². The van der Waals surface area contributed by atoms with Gasteiger partial charge in [-0.05, 0) is 48.5 Å². The number of benzene rings is 1. The van der Waals surface area contributed by atoms with E-state index in [0.29, 0.717) is 6.42 Å². The van der Waals surface area contributed by atoms with Crippen molar-refractivity contribution in [2.24, 2.45) is 0 Å². The van der Waals surface area contributed by atoms with E-state index in [2.05, 4.69) is 41.1 Å². The molecule has 5 heteroatoms. The van der Waals surface area contributed by atoms with Gasteiger partial charge in [0.2, 0.25) is 0 Å². The summed E-state index contributed by atoms with van der Waals surface area (Å²) in [6.45, 7) is 4.82. The molecule has 0 atom stereocenters. The van der Waals surface area contributed by atoms with Gasteiger partial charge in [-0.15, -0.1) is 0 Å². The maximum absolute atomic E-state index is 11.2. The van der Waals surface area contributed by atoms with Crippen LogP contribution in [0.4, 0.5) is 0 Å². The third-order valence-electron chi connectivity index (χ3n) is 3.51. The Morgan fingerprint density at radius 2 is 2.05 bits per heavy atom. The van der Waals surface area contributed by atoms with E-state index in [1.54, 1.807) is 0 Å². The Hall–Kier alpha value is -1.33. The summed E-state index contributed by atoms with van der Waals surface area (Å²) in [7, 11) is -2.87. The zero-order valence-corrected chi connectivity index (χ0v) is 13.6. The van der Waals surface area contributed by atoms with Gasteiger partial charge in [-0.2, -0.15) is 0 Å². The predicted molar refractivity (Wildman–Crippen MR) is 88.3 cm³/mol. The molecule has 116 valence electrons. The molecule has 1 heterocycles. The highest BCUT2D eigenvalue weighted by Gasteiger charge is 2.05. The fourth-order valence-electron chi connectivity index (χ4n) is 2.46. The van der Waals surface area contributed by atoms with Crippen LogP contribution in [0.25, 0.3) is 10.9 Å². The number of aromatic nitrogens is 1. The number of fused-ring (bicyclic) bond motifs is 1. The van der Waals surface area contributed by atoms with Crippen LogP contribution >= 0.6 is 0 Å². The van der Waals surface area contributed by atoms with E-state index in [1.807, 2.05) is 6.20 Å². The maximum Gasteiger partial charge on any atom is 0.147 e. The first-order valence-electron chi connectivity index (χ1n) is 7.46. The standard InChI is InChI=1S/C16H24N2O2S/c1-3-8-17-13-14-5-6-16-15(12-14)7-10-18(16)9-4-11-21(2,19)20/h5-7,10,12,17H,3-4,8-9,11,13H2,1-2H3. The molecular formula is C16H24N2O2S. The summed E-state index contributed by atoms with van der Waals surface area (Å²) in [5, 5.41) is 4.61. The van der Waals surface area contributed by atoms with Gasteiger partial charge in [0.1, 0.15) is 9.84 Å². The summed E-state index contributed by atoms with van der Waals surface area (Å²) >= 11 is 0. The van der Waals surface area contributed by atoms with Gasteiger partial charge in [0.25, 0.3) is 0 Å². The van der Waals surface area contributed by atoms with Gasteiger partial charge in [-0.3, -0.25) is 0 Å². The van der Waals surface area contributed by atoms with Crippen LogP contribution in [0.1, 0.15) is 25.3 Å². The number of sulfone groups is 1. The van der Waals surface area contributed by atoms with Crippen LogP contribution in [0.5, 0.6) is 0 Å². The molecule has 4 nitrogen and oxygen atoms in total. The van der Waals surface area contributed by atoms with Crippen molar-refractivity contribution in [1.29, 1.82) is 0 Å². The van der Waals surface area contributed by atoms with E-state index in [1.165, 1.54) is 22.7 Å². The third-order valence-corrected chi connectivity index (χ3v) is 4.54. The van der Waals surface area contributed by atoms with Crippen molar-refractivity contribution in [3.8, 4) is 0 Å². The molecule has 2 rings (SSSR count). The SMILES string of the molecule is CCCNCc1ccc2c(ccn2CCCS(C)(=O)=O)c1. The molecule has 0 amide bonds. The lowest BCUT2D eigenvalue weighted by molar-refractivity contribution is 0.593. The third kappa shape index (κ3) is 4.86. The van der Waals surface area contributed by atoms with Crippen LogP contribution < -0.4 is 5.32 Å². The van der Waals surface area contributed by atoms with Crippen molar-refractivity contribution in [1.82, 2.24) is 9.88 Å². The first-order chi connectivity index (χ1) is 9.99. The van der Waals surface area contributed by atoms with E-state index in [-0.39, 0.29) is 5.75 Å². The second-order valence-electron chi connectivity index (χ2n) is 5.56. The van der Waals surface area contributed by atoms with Crippen molar-refractivity contribution < 1.29 is 8.42 Å². The summed E-state index contributed by atoms with van der Waals surface area (Å²) < 4.78 is 24.5. The first-order valence-corrected chi connectivity index (χ1v) is 9.52. The second kappa shape index (κ2) is 7.09. The van der Waals surface area contributed by atoms with E-state index in [4.69, 9.17) is 0 Å². The van der Waals surface area contributed by atoms with Crippen LogP contribution in [0, 0.1) is 0 Å². The van der Waals surface area contributed by atoms with Crippen molar-refractivity contribution >= 4 is 20.7 Å². The van der Waals surface area contributed by atoms with Crippen molar-refractivity contribution in [3.05, 3.63) is 36.0 Å². The molecule has 0 saturated heterocycles. The molecular weight excluding hydrogens is 284 g/mol. The Bertz CT molecular complexity index is 689. The summed E-state index contributed by atoms with van der Waals surface area (Å²) in [6, 6.07) is 8.56. The molecule has 0 saturated carbocycles. The lowest BCUT2D eigenvalue weighted by atomic mass is 10.1. The Morgan fingerprint density at radius 1 is 1.24 bits per heavy atom. The highest BCUT2D eigenvalue weighted by molar-refractivity contribution is 7.90. The summed E-state index contributed by atoms with van der Waals surface area (Å²) in [4.78, 5) is 0. The first kappa shape index (κ1) is 16.0. The lowest BCUT2D eigenvalue weighted by Crippen LogP contribution is -2.13. The monoisotopic (exact) mass is 308 g/mol. The molecule has 2 aromatic rings. The van der Waals surface area contributed by atoms with Crippen LogP contribution in [-0.4, -0.2) is 31.5 Å². The second-order valence-corrected chi connectivity index (χ2v) is 7.82. The van der Waals surface area contributed by atoms with E-state index >= 15 is 0 Å². The molecule has 0 aliphatic carbocycles. The summed E-state index contributed by atoms with van der Waals surface area (Å²) in [5.74, 6) is 0.242. The molecule has 0 unspecified atom stereocenters. The maximum atomic E-state index is 11.2. The fraction of sp³-hybridized carbons (Fsp3) is 0.500. The van der Waals surface area contributed by atoms with Gasteiger partial charge in [0.05, 0.1) is 5.75 Å². The predicted octanol–water partition coefficient (Wildman–Crippen LogP) is 2.58. The van der Waals surface area contributed by atoms with Crippen LogP contribution in [-0.2, 0) is 22.9 Å². The van der Waals surface area contributed by atoms with Crippen LogP contribution in [0.3, 0.4) is 0 Å². The fourth-order valence-corrected chi connectivity index (χ4v) is 3.11. The lowest BCUT2D eigenvalue weighted by Gasteiger charge is -2.07. The molecule has 0 bridgehead atoms. The van der Waals surface area contributed by atoms with Crippen LogP contribution in [0.15, 0.2) is 30.5 Å². The normalized spacial score (nSPS) is 12.1. The van der Waals surface area contributed by atoms with Gasteiger partial charge < -0.3 is 9.88 Å². The molecule has 0 radical (unpaired) electrons. The Kier molecular flexibility index (Phi) is 5.42. The summed E-state index contributed by atoms with van der Waals surface area (Å²) in [5.41, 5.74) is 2.45. The topological polar surface area (TPSA) is 51.1 Å². The summed E-state index contributed by atoms with van der Waals surface area (Å²) in [6.07, 6.45) is 5.12. The van der Waals surface area contributed by atoms with E-state index < -0.39 is 9.84 Å². The quantitative estimate of drug-likeness (QED) is 0.763. The number of hydrogen-bond donors (Lipinski definition) is 1. The van der Waals surface area contributed by atoms with Gasteiger partial charge >= 0.3 is 0 Å². The molecule has 0 spiro atoms. The Labute approximate surface area is 127 Å². The van der Waals surface area contributed by atoms with Gasteiger partial charge in [-0.25, -0.2) is 8.42 Å². The number of nitrogens with one attached hydrogen (secondary N) is 1. The number of nitrogens with zero attached hydrogens (tertiary/aromatic N) is 1. The minimum absolute atomic E-state index is 0.242. The molecule has 1 N–H and O–H groups in total. The highest BCUT2D eigenvalue weighted by Crippen LogP contribution is 2.18. The largest absolute Gasteiger partial charge is 0.347 e. The van der Waals surface area contributed by atoms with E-state index in [0.717, 1.165) is 26.1 Å². The molecule has 0 fully saturated rings. The highest BCUT2D eigenvalue weighted by atomic mass is 32.2. The van der Waals surface area contributed by atoms with E-state index in [9.17, 15) is 8.42 Å². The molecule has 21 heavy (non-hydrogen) atoms. The van der Waals surface area contributed by atoms with Crippen molar-refractivity contribution in [2.75, 3.05) is 18.6 Å². The zero-order valence-electron chi connectivity index (χ0n) is 12.8. The van der Waals surface area contributed by atoms with Gasteiger partial charge in [-0.1, -0.05) is 13.0 Å². The van der Waals surface area contributed by atoms with Crippen molar-refractivity contribution in [3.63, 3.8) is 0 Å². The molecule has 1 aromatic heterocycles. The van der Waals surface area contributed by atoms with Crippen LogP contribution in [0.2, 0.25) is 0 Å². The van der Waals surface area contributed by atoms with Gasteiger partial charge in [0, 0.05) is 31.1 Å². The number of hydrogen-bond acceptors (Lipinski definition) is 3. The Morgan fingerprint density at radius 3 is 2.76 bits per heavy atom. The van der Waals surface area contributed by atoms with Crippen molar-refractivity contribution in [2.45, 2.75) is 32.9 Å². The average Bonchev–Trinajstić information content (AvgIpc) is 2.80. The number of rotatable bonds is 8. The zero-order chi connectivity index (χ0) is 15.3. The average molecular weight is 308 g/mol. The molecule has 0 aliphatic heterocycles. The smallest absolute Gasteiger partial charge is 0.147 e. The minimum Gasteiger partial charge on any atom is -0.347 e. The minimum atomic E-state index is -2.87. The Balaban J connectivity index is 2.03.